The Hall–Kier alpha value is -6.91. The molecule has 0 bridgehead atoms. The highest BCUT2D eigenvalue weighted by Gasteiger charge is 2.28. The average molecular weight is 696 g/mol. The third-order valence-corrected chi connectivity index (χ3v) is 10.7. The highest BCUT2D eigenvalue weighted by molar-refractivity contribution is 6.10. The van der Waals surface area contributed by atoms with E-state index in [4.69, 9.17) is 9.40 Å². The quantitative estimate of drug-likeness (QED) is 0.180. The first-order valence-electron chi connectivity index (χ1n) is 18.6. The van der Waals surface area contributed by atoms with E-state index in [2.05, 4.69) is 192 Å². The minimum absolute atomic E-state index is 0.0258. The first-order valence-corrected chi connectivity index (χ1v) is 18.6. The van der Waals surface area contributed by atoms with Gasteiger partial charge in [0.25, 0.3) is 0 Å². The van der Waals surface area contributed by atoms with Crippen LogP contribution in [0.1, 0.15) is 31.2 Å². The first kappa shape index (κ1) is 31.8. The number of aromatic nitrogens is 3. The molecule has 1 aliphatic carbocycles. The van der Waals surface area contributed by atoms with Gasteiger partial charge in [-0.2, -0.15) is 0 Å². The summed E-state index contributed by atoms with van der Waals surface area (Å²) in [4.78, 5) is 5.24. The Morgan fingerprint density at radius 2 is 1.22 bits per heavy atom. The number of rotatable bonds is 5. The standard InChI is InChI=1S/C50H37N3O/c1-3-4-24-47-48(39-27-28-43-49(33(39)2)53(38-20-12-7-13-21-38)50(51-43)34-16-8-5-9-17-34)42-32-36(26-30-46(42)54-47)35-25-29-45-41(31-35)40-22-14-15-23-44(40)52(45)37-18-10-6-11-19-37/h3-33H,1-2H3/b4-3-,47-24+,48-39+. The molecule has 3 heterocycles. The van der Waals surface area contributed by atoms with Crippen molar-refractivity contribution in [3.63, 3.8) is 0 Å². The summed E-state index contributed by atoms with van der Waals surface area (Å²) in [5.74, 6) is 0.964. The van der Waals surface area contributed by atoms with Gasteiger partial charge in [0, 0.05) is 44.2 Å². The zero-order valence-electron chi connectivity index (χ0n) is 30.1. The summed E-state index contributed by atoms with van der Waals surface area (Å²) in [5, 5.41) is 4.68. The second-order valence-electron chi connectivity index (χ2n) is 13.9. The van der Waals surface area contributed by atoms with E-state index in [1.54, 1.807) is 0 Å². The van der Waals surface area contributed by atoms with Gasteiger partial charge in [-0.15, -0.1) is 0 Å². The highest BCUT2D eigenvalue weighted by Crippen LogP contribution is 2.40. The van der Waals surface area contributed by atoms with Gasteiger partial charge in [0.1, 0.15) is 16.8 Å². The topological polar surface area (TPSA) is 35.9 Å². The van der Waals surface area contributed by atoms with Crippen LogP contribution in [-0.4, -0.2) is 14.1 Å². The van der Waals surface area contributed by atoms with Crippen LogP contribution < -0.4 is 10.6 Å². The Labute approximate surface area is 313 Å². The second kappa shape index (κ2) is 12.9. The summed E-state index contributed by atoms with van der Waals surface area (Å²) in [5.41, 5.74) is 13.1. The molecule has 3 aromatic heterocycles. The van der Waals surface area contributed by atoms with E-state index in [0.717, 1.165) is 55.6 Å². The zero-order valence-corrected chi connectivity index (χ0v) is 30.1. The lowest BCUT2D eigenvalue weighted by atomic mass is 9.88. The number of furan rings is 1. The van der Waals surface area contributed by atoms with Crippen LogP contribution in [0.4, 0.5) is 0 Å². The van der Waals surface area contributed by atoms with E-state index in [0.29, 0.717) is 0 Å². The zero-order chi connectivity index (χ0) is 36.2. The third-order valence-electron chi connectivity index (χ3n) is 10.7. The van der Waals surface area contributed by atoms with Crippen LogP contribution in [0.25, 0.3) is 84.4 Å². The number of imidazole rings is 1. The van der Waals surface area contributed by atoms with Gasteiger partial charge in [-0.05, 0) is 90.4 Å². The molecule has 10 rings (SSSR count). The Morgan fingerprint density at radius 1 is 0.593 bits per heavy atom. The minimum Gasteiger partial charge on any atom is -0.456 e. The Morgan fingerprint density at radius 3 is 1.96 bits per heavy atom. The van der Waals surface area contributed by atoms with Gasteiger partial charge in [-0.3, -0.25) is 4.57 Å². The van der Waals surface area contributed by atoms with Gasteiger partial charge >= 0.3 is 0 Å². The minimum atomic E-state index is 0.0258. The van der Waals surface area contributed by atoms with E-state index in [9.17, 15) is 0 Å². The van der Waals surface area contributed by atoms with Crippen LogP contribution in [0, 0.1) is 0 Å². The maximum atomic E-state index is 6.66. The van der Waals surface area contributed by atoms with Crippen LogP contribution in [-0.2, 0) is 0 Å². The molecule has 0 amide bonds. The molecule has 258 valence electrons. The van der Waals surface area contributed by atoms with E-state index >= 15 is 0 Å². The van der Waals surface area contributed by atoms with Gasteiger partial charge < -0.3 is 8.98 Å². The Balaban J connectivity index is 1.19. The van der Waals surface area contributed by atoms with Crippen molar-refractivity contribution in [3.05, 3.63) is 192 Å². The molecule has 4 heteroatoms. The molecule has 0 aliphatic heterocycles. The van der Waals surface area contributed by atoms with E-state index in [1.165, 1.54) is 38.6 Å². The fourth-order valence-corrected chi connectivity index (χ4v) is 8.27. The molecule has 9 aromatic rings. The highest BCUT2D eigenvalue weighted by atomic mass is 16.3. The lowest BCUT2D eigenvalue weighted by Gasteiger charge is -2.21. The van der Waals surface area contributed by atoms with E-state index in [-0.39, 0.29) is 5.92 Å². The maximum Gasteiger partial charge on any atom is 0.145 e. The predicted octanol–water partition coefficient (Wildman–Crippen LogP) is 11.4. The molecule has 0 radical (unpaired) electrons. The number of hydrogen-bond donors (Lipinski definition) is 0. The van der Waals surface area contributed by atoms with Gasteiger partial charge in [-0.25, -0.2) is 4.98 Å². The van der Waals surface area contributed by atoms with Crippen molar-refractivity contribution in [2.75, 3.05) is 0 Å². The summed E-state index contributed by atoms with van der Waals surface area (Å²) in [6.07, 6.45) is 10.6. The maximum absolute atomic E-state index is 6.66. The van der Waals surface area contributed by atoms with Gasteiger partial charge in [0.05, 0.1) is 22.4 Å². The van der Waals surface area contributed by atoms with Crippen molar-refractivity contribution in [1.82, 2.24) is 14.1 Å². The summed E-state index contributed by atoms with van der Waals surface area (Å²) < 4.78 is 11.4. The molecular weight excluding hydrogens is 659 g/mol. The molecule has 0 fully saturated rings. The number of para-hydroxylation sites is 3. The lowest BCUT2D eigenvalue weighted by Crippen LogP contribution is -2.26. The molecular formula is C50H37N3O. The van der Waals surface area contributed by atoms with Crippen molar-refractivity contribution in [2.24, 2.45) is 0 Å². The molecule has 54 heavy (non-hydrogen) atoms. The third kappa shape index (κ3) is 5.10. The fraction of sp³-hybridized carbons (Fsp3) is 0.0600. The van der Waals surface area contributed by atoms with Crippen LogP contribution >= 0.6 is 0 Å². The first-order chi connectivity index (χ1) is 26.7. The molecule has 0 saturated carbocycles. The molecule has 0 spiro atoms. The molecule has 4 nitrogen and oxygen atoms in total. The van der Waals surface area contributed by atoms with Crippen molar-refractivity contribution in [2.45, 2.75) is 19.8 Å². The van der Waals surface area contributed by atoms with Crippen molar-refractivity contribution in [3.8, 4) is 33.9 Å². The van der Waals surface area contributed by atoms with Crippen LogP contribution in [0.2, 0.25) is 0 Å². The van der Waals surface area contributed by atoms with Crippen molar-refractivity contribution < 1.29 is 4.42 Å². The summed E-state index contributed by atoms with van der Waals surface area (Å²) in [6, 6.07) is 53.8. The Kier molecular flexibility index (Phi) is 7.62. The van der Waals surface area contributed by atoms with Gasteiger partial charge in [0.15, 0.2) is 0 Å². The Bertz CT molecular complexity index is 3050. The number of benzene rings is 6. The van der Waals surface area contributed by atoms with Crippen molar-refractivity contribution in [1.29, 1.82) is 0 Å². The summed E-state index contributed by atoms with van der Waals surface area (Å²) in [7, 11) is 0. The fourth-order valence-electron chi connectivity index (χ4n) is 8.27. The normalized spacial score (nSPS) is 15.6. The van der Waals surface area contributed by atoms with E-state index in [1.807, 2.05) is 13.0 Å². The number of allylic oxidation sites excluding steroid dienone is 3. The molecule has 1 atom stereocenters. The molecule has 0 N–H and O–H groups in total. The molecule has 1 unspecified atom stereocenters. The van der Waals surface area contributed by atoms with Crippen molar-refractivity contribution >= 4 is 50.5 Å². The number of hydrogen-bond acceptors (Lipinski definition) is 2. The molecule has 6 aromatic carbocycles. The predicted molar refractivity (Wildman–Crippen MR) is 224 cm³/mol. The monoisotopic (exact) mass is 695 g/mol. The number of fused-ring (bicyclic) bond motifs is 5. The summed E-state index contributed by atoms with van der Waals surface area (Å²) >= 11 is 0. The van der Waals surface area contributed by atoms with Crippen LogP contribution in [0.15, 0.2) is 174 Å². The largest absolute Gasteiger partial charge is 0.456 e. The molecule has 0 saturated heterocycles. The number of nitrogens with zero attached hydrogens (tertiary/aromatic N) is 3. The van der Waals surface area contributed by atoms with Crippen LogP contribution in [0.3, 0.4) is 0 Å². The summed E-state index contributed by atoms with van der Waals surface area (Å²) in [6.45, 7) is 4.33. The SMILES string of the molecule is C\C=C/C=c1/oc2ccc(-c3ccc4c(c3)c3ccccc3n4-c3ccccc3)cc2/c1=C1/C=Cc2nc(-c3ccccc3)n(-c3ccccc3)c2C1C. The lowest BCUT2D eigenvalue weighted by molar-refractivity contribution is 0.575. The van der Waals surface area contributed by atoms with Gasteiger partial charge in [0.2, 0.25) is 0 Å². The average Bonchev–Trinajstić information content (AvgIpc) is 3.91. The second-order valence-corrected chi connectivity index (χ2v) is 13.9. The molecule has 1 aliphatic rings. The van der Waals surface area contributed by atoms with Gasteiger partial charge in [-0.1, -0.05) is 122 Å². The van der Waals surface area contributed by atoms with Crippen LogP contribution in [0.5, 0.6) is 0 Å². The smallest absolute Gasteiger partial charge is 0.145 e. The van der Waals surface area contributed by atoms with E-state index < -0.39 is 0 Å².